The number of fused-ring (bicyclic) bond motifs is 1. The zero-order valence-corrected chi connectivity index (χ0v) is 13.0. The third-order valence-corrected chi connectivity index (χ3v) is 3.82. The van der Waals surface area contributed by atoms with Crippen molar-refractivity contribution in [3.63, 3.8) is 0 Å². The first-order valence-electron chi connectivity index (χ1n) is 7.14. The Morgan fingerprint density at radius 1 is 1.33 bits per heavy atom. The fraction of sp³-hybridized carbons (Fsp3) is 0.353. The summed E-state index contributed by atoms with van der Waals surface area (Å²) in [6, 6.07) is 8.22. The molecular formula is C17H23N3O. The van der Waals surface area contributed by atoms with E-state index in [1.807, 2.05) is 39.5 Å². The van der Waals surface area contributed by atoms with E-state index in [1.54, 1.807) is 4.90 Å². The van der Waals surface area contributed by atoms with E-state index in [0.717, 1.165) is 24.0 Å². The molecule has 0 aliphatic rings. The van der Waals surface area contributed by atoms with Crippen LogP contribution in [0.3, 0.4) is 0 Å². The highest BCUT2D eigenvalue weighted by Crippen LogP contribution is 2.30. The van der Waals surface area contributed by atoms with Gasteiger partial charge >= 0.3 is 0 Å². The molecule has 1 aromatic heterocycles. The first-order valence-corrected chi connectivity index (χ1v) is 7.14. The average molecular weight is 285 g/mol. The van der Waals surface area contributed by atoms with E-state index in [9.17, 15) is 4.79 Å². The van der Waals surface area contributed by atoms with Crippen molar-refractivity contribution in [2.75, 3.05) is 27.7 Å². The maximum absolute atomic E-state index is 12.0. The second-order valence-electron chi connectivity index (χ2n) is 5.55. The number of benzene rings is 1. The van der Waals surface area contributed by atoms with Crippen molar-refractivity contribution in [1.82, 2.24) is 14.8 Å². The standard InChI is InChI=1S/C17H23N3O/c1-5-17(21)20(4)16(10-11-19(2)3)14-12-18-15-9-7-6-8-13(14)15/h5-9,12,16,18H,1,10-11H2,2-4H3. The van der Waals surface area contributed by atoms with Crippen molar-refractivity contribution in [3.05, 3.63) is 48.7 Å². The molecule has 1 amide bonds. The molecule has 0 fully saturated rings. The highest BCUT2D eigenvalue weighted by Gasteiger charge is 2.22. The third-order valence-electron chi connectivity index (χ3n) is 3.82. The summed E-state index contributed by atoms with van der Waals surface area (Å²) in [4.78, 5) is 19.2. The second-order valence-corrected chi connectivity index (χ2v) is 5.55. The van der Waals surface area contributed by atoms with E-state index >= 15 is 0 Å². The highest BCUT2D eigenvalue weighted by atomic mass is 16.2. The molecule has 0 spiro atoms. The van der Waals surface area contributed by atoms with Crippen LogP contribution < -0.4 is 0 Å². The predicted octanol–water partition coefficient (Wildman–Crippen LogP) is 2.81. The number of H-pyrrole nitrogens is 1. The van der Waals surface area contributed by atoms with Crippen LogP contribution in [0.1, 0.15) is 18.0 Å². The van der Waals surface area contributed by atoms with Gasteiger partial charge in [0.1, 0.15) is 0 Å². The number of rotatable bonds is 6. The predicted molar refractivity (Wildman–Crippen MR) is 87.2 cm³/mol. The number of nitrogens with zero attached hydrogens (tertiary/aromatic N) is 2. The summed E-state index contributed by atoms with van der Waals surface area (Å²) in [5.74, 6) is -0.0518. The van der Waals surface area contributed by atoms with Gasteiger partial charge in [0.15, 0.2) is 0 Å². The van der Waals surface area contributed by atoms with Crippen molar-refractivity contribution in [2.45, 2.75) is 12.5 Å². The summed E-state index contributed by atoms with van der Waals surface area (Å²) in [5, 5.41) is 1.17. The largest absolute Gasteiger partial charge is 0.361 e. The smallest absolute Gasteiger partial charge is 0.246 e. The summed E-state index contributed by atoms with van der Waals surface area (Å²) in [6.07, 6.45) is 4.26. The molecular weight excluding hydrogens is 262 g/mol. The van der Waals surface area contributed by atoms with Crippen LogP contribution >= 0.6 is 0 Å². The minimum absolute atomic E-state index is 0.0362. The number of aromatic nitrogens is 1. The number of carbonyl (C=O) groups excluding carboxylic acids is 1. The molecule has 1 atom stereocenters. The molecule has 0 aliphatic carbocycles. The maximum Gasteiger partial charge on any atom is 0.246 e. The lowest BCUT2D eigenvalue weighted by Gasteiger charge is -2.28. The van der Waals surface area contributed by atoms with Gasteiger partial charge in [-0.1, -0.05) is 24.8 Å². The van der Waals surface area contributed by atoms with Crippen LogP contribution in [0.4, 0.5) is 0 Å². The molecule has 4 nitrogen and oxygen atoms in total. The monoisotopic (exact) mass is 285 g/mol. The lowest BCUT2D eigenvalue weighted by Crippen LogP contribution is -2.31. The molecule has 0 saturated carbocycles. The minimum Gasteiger partial charge on any atom is -0.361 e. The SMILES string of the molecule is C=CC(=O)N(C)C(CCN(C)C)c1c[nH]c2ccccc12. The van der Waals surface area contributed by atoms with Crippen LogP contribution in [0.5, 0.6) is 0 Å². The molecule has 0 bridgehead atoms. The molecule has 112 valence electrons. The molecule has 0 saturated heterocycles. The first kappa shape index (κ1) is 15.3. The molecule has 1 heterocycles. The van der Waals surface area contributed by atoms with E-state index in [2.05, 4.69) is 28.6 Å². The van der Waals surface area contributed by atoms with Crippen LogP contribution in [0.15, 0.2) is 43.1 Å². The average Bonchev–Trinajstić information content (AvgIpc) is 2.90. The van der Waals surface area contributed by atoms with Crippen LogP contribution in [0, 0.1) is 0 Å². The topological polar surface area (TPSA) is 39.3 Å². The Balaban J connectivity index is 2.38. The van der Waals surface area contributed by atoms with E-state index in [1.165, 1.54) is 11.5 Å². The molecule has 2 rings (SSSR count). The van der Waals surface area contributed by atoms with Gasteiger partial charge in [0.05, 0.1) is 6.04 Å². The van der Waals surface area contributed by atoms with Gasteiger partial charge in [-0.25, -0.2) is 0 Å². The highest BCUT2D eigenvalue weighted by molar-refractivity contribution is 5.88. The number of nitrogens with one attached hydrogen (secondary N) is 1. The van der Waals surface area contributed by atoms with E-state index in [0.29, 0.717) is 0 Å². The number of likely N-dealkylation sites (N-methyl/N-ethyl adjacent to an activating group) is 1. The van der Waals surface area contributed by atoms with Gasteiger partial charge in [-0.15, -0.1) is 0 Å². The van der Waals surface area contributed by atoms with Gasteiger partial charge in [0, 0.05) is 24.1 Å². The molecule has 4 heteroatoms. The second kappa shape index (κ2) is 6.59. The van der Waals surface area contributed by atoms with Gasteiger partial charge in [0.2, 0.25) is 5.91 Å². The normalized spacial score (nSPS) is 12.6. The number of aromatic amines is 1. The number of para-hydroxylation sites is 1. The number of hydrogen-bond acceptors (Lipinski definition) is 2. The van der Waals surface area contributed by atoms with Gasteiger partial charge in [0.25, 0.3) is 0 Å². The summed E-state index contributed by atoms with van der Waals surface area (Å²) in [5.41, 5.74) is 2.26. The van der Waals surface area contributed by atoms with Crippen LogP contribution in [0.25, 0.3) is 10.9 Å². The van der Waals surface area contributed by atoms with Crippen LogP contribution in [-0.4, -0.2) is 48.4 Å². The molecule has 0 aliphatic heterocycles. The lowest BCUT2D eigenvalue weighted by atomic mass is 10.0. The van der Waals surface area contributed by atoms with Gasteiger partial charge < -0.3 is 14.8 Å². The Morgan fingerprint density at radius 2 is 2.05 bits per heavy atom. The van der Waals surface area contributed by atoms with Crippen molar-refractivity contribution < 1.29 is 4.79 Å². The molecule has 1 unspecified atom stereocenters. The summed E-state index contributed by atoms with van der Waals surface area (Å²) < 4.78 is 0. The quantitative estimate of drug-likeness (QED) is 0.829. The first-order chi connectivity index (χ1) is 10.0. The zero-order chi connectivity index (χ0) is 15.4. The molecule has 21 heavy (non-hydrogen) atoms. The molecule has 0 radical (unpaired) electrons. The van der Waals surface area contributed by atoms with Crippen molar-refractivity contribution in [2.24, 2.45) is 0 Å². The van der Waals surface area contributed by atoms with Gasteiger partial charge in [-0.2, -0.15) is 0 Å². The summed E-state index contributed by atoms with van der Waals surface area (Å²) >= 11 is 0. The Bertz CT molecular complexity index is 630. The molecule has 1 aromatic carbocycles. The van der Waals surface area contributed by atoms with Crippen LogP contribution in [-0.2, 0) is 4.79 Å². The minimum atomic E-state index is -0.0518. The maximum atomic E-state index is 12.0. The van der Waals surface area contributed by atoms with Gasteiger partial charge in [-0.3, -0.25) is 4.79 Å². The van der Waals surface area contributed by atoms with Crippen LogP contribution in [0.2, 0.25) is 0 Å². The Kier molecular flexibility index (Phi) is 4.81. The molecule has 1 N–H and O–H groups in total. The summed E-state index contributed by atoms with van der Waals surface area (Å²) in [7, 11) is 5.93. The molecule has 2 aromatic rings. The number of carbonyl (C=O) groups is 1. The Morgan fingerprint density at radius 3 is 2.71 bits per heavy atom. The van der Waals surface area contributed by atoms with E-state index in [4.69, 9.17) is 0 Å². The van der Waals surface area contributed by atoms with Gasteiger partial charge in [-0.05, 0) is 44.8 Å². The summed E-state index contributed by atoms with van der Waals surface area (Å²) in [6.45, 7) is 4.51. The van der Waals surface area contributed by atoms with Crippen molar-refractivity contribution in [1.29, 1.82) is 0 Å². The number of hydrogen-bond donors (Lipinski definition) is 1. The fourth-order valence-corrected chi connectivity index (χ4v) is 2.61. The Labute approximate surface area is 126 Å². The Hall–Kier alpha value is -2.07. The lowest BCUT2D eigenvalue weighted by molar-refractivity contribution is -0.127. The van der Waals surface area contributed by atoms with E-state index < -0.39 is 0 Å². The zero-order valence-electron chi connectivity index (χ0n) is 13.0. The third kappa shape index (κ3) is 3.34. The number of amides is 1. The van der Waals surface area contributed by atoms with Crippen molar-refractivity contribution >= 4 is 16.8 Å². The fourth-order valence-electron chi connectivity index (χ4n) is 2.61. The van der Waals surface area contributed by atoms with E-state index in [-0.39, 0.29) is 11.9 Å². The van der Waals surface area contributed by atoms with Crippen molar-refractivity contribution in [3.8, 4) is 0 Å².